The van der Waals surface area contributed by atoms with Crippen LogP contribution in [0.1, 0.15) is 31.0 Å². The smallest absolute Gasteiger partial charge is 0.338 e. The molecule has 0 bridgehead atoms. The number of carbonyl (C=O) groups is 1. The standard InChI is InChI=1S/C24H28N2O5S/c1-4-29-12-13-30-23(27)21-16(2)25-24(32)26-22(21)18-10-11-19(20(14-18)28-3)31-15-17-8-6-5-7-9-17/h5-11,14,22H,4,12-13,15H2,1-3H3,(H2,25,26,32). The van der Waals surface area contributed by atoms with E-state index in [4.69, 9.17) is 31.2 Å². The second-order valence-electron chi connectivity index (χ2n) is 7.09. The summed E-state index contributed by atoms with van der Waals surface area (Å²) in [5.74, 6) is 0.739. The van der Waals surface area contributed by atoms with Crippen molar-refractivity contribution >= 4 is 23.3 Å². The van der Waals surface area contributed by atoms with Crippen molar-refractivity contribution in [3.63, 3.8) is 0 Å². The van der Waals surface area contributed by atoms with Gasteiger partial charge in [-0.25, -0.2) is 4.79 Å². The Labute approximate surface area is 193 Å². The van der Waals surface area contributed by atoms with Crippen LogP contribution in [0.3, 0.4) is 0 Å². The third kappa shape index (κ3) is 5.99. The van der Waals surface area contributed by atoms with Gasteiger partial charge in [0.25, 0.3) is 0 Å². The first-order chi connectivity index (χ1) is 15.5. The number of allylic oxidation sites excluding steroid dienone is 1. The zero-order valence-electron chi connectivity index (χ0n) is 18.5. The molecule has 1 heterocycles. The molecule has 0 saturated heterocycles. The van der Waals surface area contributed by atoms with E-state index < -0.39 is 12.0 Å². The van der Waals surface area contributed by atoms with Gasteiger partial charge in [0.05, 0.1) is 25.3 Å². The number of hydrogen-bond donors (Lipinski definition) is 2. The van der Waals surface area contributed by atoms with Crippen molar-refractivity contribution in [1.29, 1.82) is 0 Å². The number of esters is 1. The average Bonchev–Trinajstić information content (AvgIpc) is 2.80. The predicted molar refractivity (Wildman–Crippen MR) is 126 cm³/mol. The molecule has 32 heavy (non-hydrogen) atoms. The summed E-state index contributed by atoms with van der Waals surface area (Å²) in [4.78, 5) is 12.8. The van der Waals surface area contributed by atoms with Crippen molar-refractivity contribution in [3.8, 4) is 11.5 Å². The lowest BCUT2D eigenvalue weighted by atomic mass is 9.95. The number of nitrogens with one attached hydrogen (secondary N) is 2. The van der Waals surface area contributed by atoms with Crippen LogP contribution in [0.25, 0.3) is 0 Å². The van der Waals surface area contributed by atoms with Gasteiger partial charge in [-0.15, -0.1) is 0 Å². The van der Waals surface area contributed by atoms with Crippen molar-refractivity contribution in [2.45, 2.75) is 26.5 Å². The molecule has 2 aromatic rings. The summed E-state index contributed by atoms with van der Waals surface area (Å²) in [6, 6.07) is 15.0. The van der Waals surface area contributed by atoms with Crippen molar-refractivity contribution in [2.75, 3.05) is 26.9 Å². The number of benzene rings is 2. The van der Waals surface area contributed by atoms with E-state index in [9.17, 15) is 4.79 Å². The van der Waals surface area contributed by atoms with Crippen LogP contribution in [0.5, 0.6) is 11.5 Å². The van der Waals surface area contributed by atoms with Crippen LogP contribution in [-0.2, 0) is 20.9 Å². The monoisotopic (exact) mass is 456 g/mol. The molecule has 8 heteroatoms. The first-order valence-electron chi connectivity index (χ1n) is 10.4. The molecule has 0 aliphatic carbocycles. The Balaban J connectivity index is 1.81. The summed E-state index contributed by atoms with van der Waals surface area (Å²) in [6.07, 6.45) is 0. The van der Waals surface area contributed by atoms with Gasteiger partial charge < -0.3 is 29.6 Å². The molecule has 0 aromatic heterocycles. The molecule has 1 atom stereocenters. The van der Waals surface area contributed by atoms with Crippen LogP contribution in [0, 0.1) is 0 Å². The lowest BCUT2D eigenvalue weighted by Crippen LogP contribution is -2.45. The molecule has 1 aliphatic heterocycles. The van der Waals surface area contributed by atoms with E-state index in [-0.39, 0.29) is 6.61 Å². The zero-order chi connectivity index (χ0) is 22.9. The van der Waals surface area contributed by atoms with Crippen LogP contribution in [-0.4, -0.2) is 38.0 Å². The molecule has 0 saturated carbocycles. The average molecular weight is 457 g/mol. The van der Waals surface area contributed by atoms with E-state index in [1.165, 1.54) is 0 Å². The Bertz CT molecular complexity index is 978. The number of carbonyl (C=O) groups excluding carboxylic acids is 1. The fraction of sp³-hybridized carbons (Fsp3) is 0.333. The summed E-state index contributed by atoms with van der Waals surface area (Å²) in [6.45, 7) is 5.20. The summed E-state index contributed by atoms with van der Waals surface area (Å²) in [5.41, 5.74) is 2.95. The van der Waals surface area contributed by atoms with E-state index in [2.05, 4.69) is 10.6 Å². The molecule has 0 spiro atoms. The Morgan fingerprint density at radius 2 is 1.88 bits per heavy atom. The minimum atomic E-state index is -0.486. The summed E-state index contributed by atoms with van der Waals surface area (Å²) in [5, 5.41) is 6.59. The highest BCUT2D eigenvalue weighted by molar-refractivity contribution is 7.80. The van der Waals surface area contributed by atoms with Crippen LogP contribution in [0.4, 0.5) is 0 Å². The first kappa shape index (κ1) is 23.6. The number of ether oxygens (including phenoxy) is 4. The van der Waals surface area contributed by atoms with Crippen LogP contribution in [0.2, 0.25) is 0 Å². The maximum absolute atomic E-state index is 12.8. The summed E-state index contributed by atoms with van der Waals surface area (Å²) < 4.78 is 22.2. The highest BCUT2D eigenvalue weighted by Crippen LogP contribution is 2.35. The minimum Gasteiger partial charge on any atom is -0.493 e. The normalized spacial score (nSPS) is 15.6. The van der Waals surface area contributed by atoms with Gasteiger partial charge in [0.15, 0.2) is 16.6 Å². The molecular weight excluding hydrogens is 428 g/mol. The second kappa shape index (κ2) is 11.5. The number of thiocarbonyl (C=S) groups is 1. The topological polar surface area (TPSA) is 78.1 Å². The third-order valence-corrected chi connectivity index (χ3v) is 5.13. The zero-order valence-corrected chi connectivity index (χ0v) is 19.3. The molecule has 3 rings (SSSR count). The summed E-state index contributed by atoms with van der Waals surface area (Å²) >= 11 is 5.32. The SMILES string of the molecule is CCOCCOC(=O)C1=C(C)NC(=S)NC1c1ccc(OCc2ccccc2)c(OC)c1. The molecule has 0 radical (unpaired) electrons. The quantitative estimate of drug-likeness (QED) is 0.319. The van der Waals surface area contributed by atoms with Crippen molar-refractivity contribution in [3.05, 3.63) is 70.9 Å². The van der Waals surface area contributed by atoms with Crippen molar-refractivity contribution in [1.82, 2.24) is 10.6 Å². The highest BCUT2D eigenvalue weighted by atomic mass is 32.1. The van der Waals surface area contributed by atoms with Crippen LogP contribution >= 0.6 is 12.2 Å². The lowest BCUT2D eigenvalue weighted by Gasteiger charge is -2.30. The number of hydrogen-bond acceptors (Lipinski definition) is 6. The van der Waals surface area contributed by atoms with Gasteiger partial charge in [-0.1, -0.05) is 36.4 Å². The molecule has 0 amide bonds. The van der Waals surface area contributed by atoms with Gasteiger partial charge in [-0.2, -0.15) is 0 Å². The highest BCUT2D eigenvalue weighted by Gasteiger charge is 2.31. The Hall–Kier alpha value is -3.10. The first-order valence-corrected chi connectivity index (χ1v) is 10.8. The van der Waals surface area contributed by atoms with E-state index in [0.717, 1.165) is 11.1 Å². The Kier molecular flexibility index (Phi) is 8.47. The minimum absolute atomic E-state index is 0.177. The number of rotatable bonds is 10. The van der Waals surface area contributed by atoms with E-state index in [0.29, 0.717) is 47.7 Å². The maximum Gasteiger partial charge on any atom is 0.338 e. The van der Waals surface area contributed by atoms with Gasteiger partial charge in [-0.05, 0) is 49.3 Å². The molecular formula is C24H28N2O5S. The van der Waals surface area contributed by atoms with Gasteiger partial charge in [0.1, 0.15) is 13.2 Å². The molecule has 2 aromatic carbocycles. The molecule has 170 valence electrons. The van der Waals surface area contributed by atoms with Crippen LogP contribution < -0.4 is 20.1 Å². The van der Waals surface area contributed by atoms with E-state index >= 15 is 0 Å². The largest absolute Gasteiger partial charge is 0.493 e. The Morgan fingerprint density at radius 3 is 2.59 bits per heavy atom. The van der Waals surface area contributed by atoms with Gasteiger partial charge in [0, 0.05) is 12.3 Å². The van der Waals surface area contributed by atoms with Gasteiger partial charge in [0.2, 0.25) is 0 Å². The Morgan fingerprint density at radius 1 is 1.09 bits per heavy atom. The van der Waals surface area contributed by atoms with Crippen molar-refractivity contribution < 1.29 is 23.7 Å². The van der Waals surface area contributed by atoms with Gasteiger partial charge in [-0.3, -0.25) is 0 Å². The molecule has 0 fully saturated rings. The molecule has 2 N–H and O–H groups in total. The molecule has 1 unspecified atom stereocenters. The second-order valence-corrected chi connectivity index (χ2v) is 7.50. The fourth-order valence-electron chi connectivity index (χ4n) is 3.35. The van der Waals surface area contributed by atoms with Crippen LogP contribution in [0.15, 0.2) is 59.8 Å². The third-order valence-electron chi connectivity index (χ3n) is 4.91. The fourth-order valence-corrected chi connectivity index (χ4v) is 3.62. The molecule has 7 nitrogen and oxygen atoms in total. The lowest BCUT2D eigenvalue weighted by molar-refractivity contribution is -0.141. The van der Waals surface area contributed by atoms with E-state index in [1.807, 2.05) is 55.5 Å². The summed E-state index contributed by atoms with van der Waals surface area (Å²) in [7, 11) is 1.58. The van der Waals surface area contributed by atoms with Crippen molar-refractivity contribution in [2.24, 2.45) is 0 Å². The molecule has 1 aliphatic rings. The number of methoxy groups -OCH3 is 1. The van der Waals surface area contributed by atoms with Gasteiger partial charge >= 0.3 is 5.97 Å². The predicted octanol–water partition coefficient (Wildman–Crippen LogP) is 3.65. The van der Waals surface area contributed by atoms with E-state index in [1.54, 1.807) is 14.0 Å². The maximum atomic E-state index is 12.8.